The Bertz CT molecular complexity index is 566. The lowest BCUT2D eigenvalue weighted by Crippen LogP contribution is -2.41. The van der Waals surface area contributed by atoms with Gasteiger partial charge in [-0.05, 0) is 43.9 Å². The maximum atomic E-state index is 12.1. The van der Waals surface area contributed by atoms with Crippen molar-refractivity contribution in [2.75, 3.05) is 26.7 Å². The molecule has 2 rings (SSSR count). The number of aliphatic imine (C=N–C) groups is 1. The van der Waals surface area contributed by atoms with Crippen LogP contribution in [0.25, 0.3) is 0 Å². The number of rotatable bonds is 8. The molecule has 0 radical (unpaired) electrons. The molecule has 0 heterocycles. The third kappa shape index (κ3) is 7.33. The number of carbonyl (C=O) groups is 1. The highest BCUT2D eigenvalue weighted by Gasteiger charge is 2.15. The summed E-state index contributed by atoms with van der Waals surface area (Å²) in [7, 11) is 1.67. The maximum absolute atomic E-state index is 12.1. The molecule has 1 aliphatic rings. The Morgan fingerprint density at radius 1 is 1.15 bits per heavy atom. The second kappa shape index (κ2) is 11.4. The van der Waals surface area contributed by atoms with Gasteiger partial charge in [-0.25, -0.2) is 4.99 Å². The summed E-state index contributed by atoms with van der Waals surface area (Å²) < 4.78 is 5.17. The first kappa shape index (κ1) is 20.1. The minimum absolute atomic E-state index is 0.00394. The molecule has 0 spiro atoms. The number of hydrogen-bond donors (Lipinski definition) is 3. The lowest BCUT2D eigenvalue weighted by Gasteiger charge is -2.22. The normalized spacial score (nSPS) is 15.4. The van der Waals surface area contributed by atoms with E-state index in [2.05, 4.69) is 33.1 Å². The van der Waals surface area contributed by atoms with E-state index in [9.17, 15) is 4.79 Å². The van der Waals surface area contributed by atoms with Gasteiger partial charge in [0.1, 0.15) is 12.3 Å². The molecule has 144 valence electrons. The summed E-state index contributed by atoms with van der Waals surface area (Å²) in [5.74, 6) is 1.55. The zero-order valence-electron chi connectivity index (χ0n) is 16.0. The zero-order valence-corrected chi connectivity index (χ0v) is 16.0. The van der Waals surface area contributed by atoms with Crippen molar-refractivity contribution in [2.45, 2.75) is 51.5 Å². The van der Waals surface area contributed by atoms with Gasteiger partial charge in [0.05, 0.1) is 7.11 Å². The fourth-order valence-corrected chi connectivity index (χ4v) is 3.13. The molecule has 0 saturated heterocycles. The number of amides is 1. The van der Waals surface area contributed by atoms with Gasteiger partial charge in [0.2, 0.25) is 5.91 Å². The van der Waals surface area contributed by atoms with Gasteiger partial charge < -0.3 is 20.7 Å². The summed E-state index contributed by atoms with van der Waals surface area (Å²) in [4.78, 5) is 16.5. The molecule has 26 heavy (non-hydrogen) atoms. The van der Waals surface area contributed by atoms with E-state index in [4.69, 9.17) is 4.74 Å². The lowest BCUT2D eigenvalue weighted by atomic mass is 9.95. The van der Waals surface area contributed by atoms with Crippen LogP contribution in [0.1, 0.15) is 44.6 Å². The molecule has 1 aromatic carbocycles. The van der Waals surface area contributed by atoms with E-state index in [0.29, 0.717) is 12.0 Å². The molecule has 0 aromatic heterocycles. The van der Waals surface area contributed by atoms with Crippen LogP contribution in [-0.2, 0) is 11.2 Å². The average Bonchev–Trinajstić information content (AvgIpc) is 2.67. The first-order valence-electron chi connectivity index (χ1n) is 9.65. The summed E-state index contributed by atoms with van der Waals surface area (Å²) in [5, 5.41) is 9.57. The van der Waals surface area contributed by atoms with Gasteiger partial charge in [-0.1, -0.05) is 31.4 Å². The second-order valence-electron chi connectivity index (χ2n) is 6.62. The first-order chi connectivity index (χ1) is 12.7. The van der Waals surface area contributed by atoms with E-state index in [1.165, 1.54) is 24.8 Å². The van der Waals surface area contributed by atoms with Crippen LogP contribution < -0.4 is 20.7 Å². The topological polar surface area (TPSA) is 74.8 Å². The van der Waals surface area contributed by atoms with E-state index in [1.54, 1.807) is 7.11 Å². The summed E-state index contributed by atoms with van der Waals surface area (Å²) in [6.07, 6.45) is 6.77. The van der Waals surface area contributed by atoms with Gasteiger partial charge in [-0.2, -0.15) is 0 Å². The molecule has 1 aliphatic carbocycles. The highest BCUT2D eigenvalue weighted by atomic mass is 16.5. The molecule has 6 nitrogen and oxygen atoms in total. The fraction of sp³-hybridized carbons (Fsp3) is 0.600. The number of nitrogens with one attached hydrogen (secondary N) is 3. The van der Waals surface area contributed by atoms with Gasteiger partial charge >= 0.3 is 0 Å². The molecular weight excluding hydrogens is 328 g/mol. The number of ether oxygens (including phenoxy) is 1. The quantitative estimate of drug-likeness (QED) is 0.491. The number of guanidine groups is 1. The molecule has 0 unspecified atom stereocenters. The van der Waals surface area contributed by atoms with Crippen LogP contribution in [0.5, 0.6) is 5.75 Å². The smallest absolute Gasteiger partial charge is 0.242 e. The highest BCUT2D eigenvalue weighted by molar-refractivity contribution is 5.85. The van der Waals surface area contributed by atoms with E-state index >= 15 is 0 Å². The zero-order chi connectivity index (χ0) is 18.6. The molecule has 0 bridgehead atoms. The maximum Gasteiger partial charge on any atom is 0.242 e. The Morgan fingerprint density at radius 3 is 2.54 bits per heavy atom. The Kier molecular flexibility index (Phi) is 8.79. The summed E-state index contributed by atoms with van der Waals surface area (Å²) in [6, 6.07) is 8.37. The van der Waals surface area contributed by atoms with Crippen molar-refractivity contribution in [3.8, 4) is 5.75 Å². The first-order valence-corrected chi connectivity index (χ1v) is 9.65. The van der Waals surface area contributed by atoms with E-state index in [-0.39, 0.29) is 12.5 Å². The van der Waals surface area contributed by atoms with Crippen LogP contribution in [0.3, 0.4) is 0 Å². The third-order valence-electron chi connectivity index (χ3n) is 4.56. The number of nitrogens with zero attached hydrogens (tertiary/aromatic N) is 1. The molecule has 0 atom stereocenters. The largest absolute Gasteiger partial charge is 0.497 e. The monoisotopic (exact) mass is 360 g/mol. The number of hydrogen-bond acceptors (Lipinski definition) is 3. The van der Waals surface area contributed by atoms with E-state index < -0.39 is 0 Å². The van der Waals surface area contributed by atoms with Crippen LogP contribution in [-0.4, -0.2) is 44.7 Å². The van der Waals surface area contributed by atoms with Crippen molar-refractivity contribution >= 4 is 11.9 Å². The molecule has 6 heteroatoms. The third-order valence-corrected chi connectivity index (χ3v) is 4.56. The minimum Gasteiger partial charge on any atom is -0.497 e. The second-order valence-corrected chi connectivity index (χ2v) is 6.62. The summed E-state index contributed by atoms with van der Waals surface area (Å²) in [5.41, 5.74) is 1.23. The number of methoxy groups -OCH3 is 1. The van der Waals surface area contributed by atoms with Crippen molar-refractivity contribution in [3.05, 3.63) is 29.8 Å². The highest BCUT2D eigenvalue weighted by Crippen LogP contribution is 2.17. The van der Waals surface area contributed by atoms with Crippen molar-refractivity contribution in [1.29, 1.82) is 0 Å². The van der Waals surface area contributed by atoms with E-state index in [1.807, 2.05) is 19.1 Å². The molecule has 1 amide bonds. The molecular formula is C20H32N4O2. The Labute approximate surface area is 156 Å². The standard InChI is InChI=1S/C20H32N4O2/c1-3-21-20(22-14-13-16-9-11-18(26-2)12-10-16)23-15-19(25)24-17-7-5-4-6-8-17/h9-12,17H,3-8,13-15H2,1-2H3,(H,24,25)(H2,21,22,23). The lowest BCUT2D eigenvalue weighted by molar-refractivity contribution is -0.120. The van der Waals surface area contributed by atoms with Gasteiger partial charge in [0.15, 0.2) is 5.96 Å². The molecule has 0 aliphatic heterocycles. The predicted octanol–water partition coefficient (Wildman–Crippen LogP) is 2.24. The summed E-state index contributed by atoms with van der Waals surface area (Å²) >= 11 is 0. The molecule has 1 aromatic rings. The molecule has 1 fully saturated rings. The minimum atomic E-state index is 0.00394. The number of benzene rings is 1. The molecule has 1 saturated carbocycles. The summed E-state index contributed by atoms with van der Waals surface area (Å²) in [6.45, 7) is 3.69. The van der Waals surface area contributed by atoms with Crippen molar-refractivity contribution in [2.24, 2.45) is 4.99 Å². The van der Waals surface area contributed by atoms with Gasteiger partial charge in [0.25, 0.3) is 0 Å². The Hall–Kier alpha value is -2.24. The Morgan fingerprint density at radius 2 is 1.88 bits per heavy atom. The van der Waals surface area contributed by atoms with Crippen molar-refractivity contribution < 1.29 is 9.53 Å². The van der Waals surface area contributed by atoms with Crippen molar-refractivity contribution in [1.82, 2.24) is 16.0 Å². The van der Waals surface area contributed by atoms with Crippen LogP contribution in [0.2, 0.25) is 0 Å². The van der Waals surface area contributed by atoms with Crippen molar-refractivity contribution in [3.63, 3.8) is 0 Å². The van der Waals surface area contributed by atoms with Crippen LogP contribution in [0.4, 0.5) is 0 Å². The van der Waals surface area contributed by atoms with E-state index in [0.717, 1.165) is 38.1 Å². The molecule has 3 N–H and O–H groups in total. The SMILES string of the molecule is CCNC(=NCC(=O)NC1CCCCC1)NCCc1ccc(OC)cc1. The van der Waals surface area contributed by atoms with Gasteiger partial charge in [0, 0.05) is 19.1 Å². The Balaban J connectivity index is 1.74. The number of carbonyl (C=O) groups excluding carboxylic acids is 1. The van der Waals surface area contributed by atoms with Gasteiger partial charge in [-0.3, -0.25) is 4.79 Å². The van der Waals surface area contributed by atoms with Crippen LogP contribution >= 0.6 is 0 Å². The van der Waals surface area contributed by atoms with Gasteiger partial charge in [-0.15, -0.1) is 0 Å². The fourth-order valence-electron chi connectivity index (χ4n) is 3.13. The van der Waals surface area contributed by atoms with Crippen LogP contribution in [0.15, 0.2) is 29.3 Å². The van der Waals surface area contributed by atoms with Crippen LogP contribution in [0, 0.1) is 0 Å². The predicted molar refractivity (Wildman–Crippen MR) is 106 cm³/mol. The average molecular weight is 361 g/mol.